The zero-order chi connectivity index (χ0) is 11.7. The molecule has 0 radical (unpaired) electrons. The van der Waals surface area contributed by atoms with Gasteiger partial charge in [0.2, 0.25) is 0 Å². The van der Waals surface area contributed by atoms with E-state index in [0.717, 1.165) is 12.2 Å². The lowest BCUT2D eigenvalue weighted by Gasteiger charge is -2.09. The minimum Gasteiger partial charge on any atom is -0.328 e. The first-order valence-corrected chi connectivity index (χ1v) is 6.21. The van der Waals surface area contributed by atoms with Crippen molar-refractivity contribution in [2.75, 3.05) is 0 Å². The van der Waals surface area contributed by atoms with Gasteiger partial charge in [0.15, 0.2) is 0 Å². The van der Waals surface area contributed by atoms with Crippen LogP contribution in [0.25, 0.3) is 0 Å². The van der Waals surface area contributed by atoms with Crippen molar-refractivity contribution in [3.63, 3.8) is 0 Å². The first-order chi connectivity index (χ1) is 7.58. The van der Waals surface area contributed by atoms with Crippen LogP contribution in [0, 0.1) is 13.8 Å². The summed E-state index contributed by atoms with van der Waals surface area (Å²) >= 11 is 1.84. The Morgan fingerprint density at radius 1 is 1.50 bits per heavy atom. The second-order valence-corrected chi connectivity index (χ2v) is 5.53. The van der Waals surface area contributed by atoms with Crippen LogP contribution in [0.1, 0.15) is 34.0 Å². The molecule has 0 saturated carbocycles. The second-order valence-electron chi connectivity index (χ2n) is 4.19. The van der Waals surface area contributed by atoms with Crippen molar-refractivity contribution in [2.45, 2.75) is 33.4 Å². The van der Waals surface area contributed by atoms with Gasteiger partial charge in [-0.2, -0.15) is 0 Å². The molecule has 0 aliphatic rings. The SMILES string of the molecule is Cc1cc(Cn2cncc2[C@H](C)N)sc1C. The second kappa shape index (κ2) is 4.39. The Kier molecular flexibility index (Phi) is 3.12. The smallest absolute Gasteiger partial charge is 0.0952 e. The molecule has 0 amide bonds. The standard InChI is InChI=1S/C12H17N3S/c1-8-4-11(16-10(8)3)6-15-7-14-5-12(15)9(2)13/h4-5,7,9H,6,13H2,1-3H3/t9-/m0/s1. The largest absolute Gasteiger partial charge is 0.328 e. The van der Waals surface area contributed by atoms with Gasteiger partial charge in [-0.25, -0.2) is 4.98 Å². The highest BCUT2D eigenvalue weighted by atomic mass is 32.1. The lowest BCUT2D eigenvalue weighted by atomic mass is 10.2. The molecule has 0 aliphatic heterocycles. The maximum Gasteiger partial charge on any atom is 0.0952 e. The lowest BCUT2D eigenvalue weighted by Crippen LogP contribution is -2.11. The molecule has 3 nitrogen and oxygen atoms in total. The average molecular weight is 235 g/mol. The van der Waals surface area contributed by atoms with Crippen molar-refractivity contribution in [1.29, 1.82) is 0 Å². The Hall–Kier alpha value is -1.13. The van der Waals surface area contributed by atoms with Crippen LogP contribution in [-0.2, 0) is 6.54 Å². The Bertz CT molecular complexity index is 463. The summed E-state index contributed by atoms with van der Waals surface area (Å²) in [6, 6.07) is 2.27. The van der Waals surface area contributed by atoms with Crippen molar-refractivity contribution < 1.29 is 0 Å². The number of aryl methyl sites for hydroxylation is 2. The molecule has 2 heterocycles. The van der Waals surface area contributed by atoms with E-state index in [1.54, 1.807) is 0 Å². The summed E-state index contributed by atoms with van der Waals surface area (Å²) < 4.78 is 2.12. The fraction of sp³-hybridized carbons (Fsp3) is 0.417. The molecule has 2 aromatic heterocycles. The van der Waals surface area contributed by atoms with Gasteiger partial charge in [-0.05, 0) is 32.4 Å². The van der Waals surface area contributed by atoms with Gasteiger partial charge < -0.3 is 10.3 Å². The van der Waals surface area contributed by atoms with E-state index < -0.39 is 0 Å². The van der Waals surface area contributed by atoms with Gasteiger partial charge in [0.05, 0.1) is 18.6 Å². The van der Waals surface area contributed by atoms with Crippen LogP contribution in [0.3, 0.4) is 0 Å². The number of imidazole rings is 1. The van der Waals surface area contributed by atoms with Crippen LogP contribution < -0.4 is 5.73 Å². The van der Waals surface area contributed by atoms with E-state index in [9.17, 15) is 0 Å². The molecule has 0 saturated heterocycles. The summed E-state index contributed by atoms with van der Waals surface area (Å²) in [6.07, 6.45) is 3.70. The first-order valence-electron chi connectivity index (χ1n) is 5.39. The molecule has 0 aromatic carbocycles. The molecular weight excluding hydrogens is 218 g/mol. The minimum atomic E-state index is 0.0321. The van der Waals surface area contributed by atoms with Crippen LogP contribution >= 0.6 is 11.3 Å². The summed E-state index contributed by atoms with van der Waals surface area (Å²) in [7, 11) is 0. The van der Waals surface area contributed by atoms with Crippen molar-refractivity contribution >= 4 is 11.3 Å². The molecular formula is C12H17N3S. The third-order valence-electron chi connectivity index (χ3n) is 2.75. The molecule has 1 atom stereocenters. The zero-order valence-corrected chi connectivity index (χ0v) is 10.7. The van der Waals surface area contributed by atoms with Gasteiger partial charge in [-0.1, -0.05) is 0 Å². The summed E-state index contributed by atoms with van der Waals surface area (Å²) in [5.41, 5.74) is 8.34. The number of hydrogen-bond donors (Lipinski definition) is 1. The van der Waals surface area contributed by atoms with E-state index >= 15 is 0 Å². The lowest BCUT2D eigenvalue weighted by molar-refractivity contribution is 0.679. The molecule has 0 spiro atoms. The van der Waals surface area contributed by atoms with E-state index in [1.165, 1.54) is 15.3 Å². The maximum absolute atomic E-state index is 5.89. The topological polar surface area (TPSA) is 43.8 Å². The summed E-state index contributed by atoms with van der Waals surface area (Å²) in [6.45, 7) is 7.16. The number of rotatable bonds is 3. The molecule has 0 unspecified atom stereocenters. The van der Waals surface area contributed by atoms with Gasteiger partial charge in [-0.3, -0.25) is 0 Å². The van der Waals surface area contributed by atoms with Gasteiger partial charge in [0, 0.05) is 22.0 Å². The predicted octanol–water partition coefficient (Wildman–Crippen LogP) is 2.63. The van der Waals surface area contributed by atoms with Crippen LogP contribution in [0.15, 0.2) is 18.6 Å². The van der Waals surface area contributed by atoms with E-state index in [1.807, 2.05) is 30.8 Å². The number of nitrogens with two attached hydrogens (primary N) is 1. The van der Waals surface area contributed by atoms with Gasteiger partial charge in [0.1, 0.15) is 0 Å². The third kappa shape index (κ3) is 2.18. The number of nitrogens with zero attached hydrogens (tertiary/aromatic N) is 2. The highest BCUT2D eigenvalue weighted by molar-refractivity contribution is 7.12. The molecule has 4 heteroatoms. The van der Waals surface area contributed by atoms with Crippen molar-refractivity contribution in [2.24, 2.45) is 5.73 Å². The van der Waals surface area contributed by atoms with E-state index in [2.05, 4.69) is 29.5 Å². The molecule has 16 heavy (non-hydrogen) atoms. The van der Waals surface area contributed by atoms with Crippen LogP contribution in [0.5, 0.6) is 0 Å². The van der Waals surface area contributed by atoms with Crippen LogP contribution in [-0.4, -0.2) is 9.55 Å². The van der Waals surface area contributed by atoms with Crippen molar-refractivity contribution in [3.05, 3.63) is 39.6 Å². The Labute approximate surface area is 99.9 Å². The van der Waals surface area contributed by atoms with E-state index in [0.29, 0.717) is 0 Å². The van der Waals surface area contributed by atoms with Gasteiger partial charge in [0.25, 0.3) is 0 Å². The maximum atomic E-state index is 5.89. The molecule has 2 aromatic rings. The molecule has 2 rings (SSSR count). The Morgan fingerprint density at radius 3 is 2.81 bits per heavy atom. The van der Waals surface area contributed by atoms with Crippen LogP contribution in [0.4, 0.5) is 0 Å². The quantitative estimate of drug-likeness (QED) is 0.888. The van der Waals surface area contributed by atoms with Crippen LogP contribution in [0.2, 0.25) is 0 Å². The van der Waals surface area contributed by atoms with E-state index in [4.69, 9.17) is 5.73 Å². The number of hydrogen-bond acceptors (Lipinski definition) is 3. The van der Waals surface area contributed by atoms with Crippen molar-refractivity contribution in [1.82, 2.24) is 9.55 Å². The first kappa shape index (κ1) is 11.4. The molecule has 86 valence electrons. The summed E-state index contributed by atoms with van der Waals surface area (Å²) in [4.78, 5) is 6.90. The highest BCUT2D eigenvalue weighted by Crippen LogP contribution is 2.22. The minimum absolute atomic E-state index is 0.0321. The monoisotopic (exact) mass is 235 g/mol. The molecule has 2 N–H and O–H groups in total. The van der Waals surface area contributed by atoms with Gasteiger partial charge in [-0.15, -0.1) is 11.3 Å². The van der Waals surface area contributed by atoms with E-state index in [-0.39, 0.29) is 6.04 Å². The number of aromatic nitrogens is 2. The average Bonchev–Trinajstić information content (AvgIpc) is 2.75. The van der Waals surface area contributed by atoms with Crippen molar-refractivity contribution in [3.8, 4) is 0 Å². The predicted molar refractivity (Wildman–Crippen MR) is 67.7 cm³/mol. The Morgan fingerprint density at radius 2 is 2.25 bits per heavy atom. The van der Waals surface area contributed by atoms with Gasteiger partial charge >= 0.3 is 0 Å². The third-order valence-corrected chi connectivity index (χ3v) is 3.89. The Balaban J connectivity index is 2.23. The fourth-order valence-electron chi connectivity index (χ4n) is 1.74. The summed E-state index contributed by atoms with van der Waals surface area (Å²) in [5, 5.41) is 0. The fourth-order valence-corrected chi connectivity index (χ4v) is 2.79. The zero-order valence-electron chi connectivity index (χ0n) is 9.90. The molecule has 0 bridgehead atoms. The number of thiophene rings is 1. The normalized spacial score (nSPS) is 13.0. The molecule has 0 fully saturated rings. The molecule has 0 aliphatic carbocycles. The highest BCUT2D eigenvalue weighted by Gasteiger charge is 2.08. The summed E-state index contributed by atoms with van der Waals surface area (Å²) in [5.74, 6) is 0.